The van der Waals surface area contributed by atoms with E-state index in [-0.39, 0.29) is 6.04 Å². The lowest BCUT2D eigenvalue weighted by Crippen LogP contribution is -2.25. The van der Waals surface area contributed by atoms with Crippen LogP contribution in [0, 0.1) is 0 Å². The zero-order valence-corrected chi connectivity index (χ0v) is 9.90. The molecule has 0 aliphatic rings. The molecule has 1 heterocycles. The SMILES string of the molecule is CC(CN)Nc1c(Cl)ccc2scnc12. The summed E-state index contributed by atoms with van der Waals surface area (Å²) in [4.78, 5) is 4.30. The monoisotopic (exact) mass is 241 g/mol. The molecule has 3 nitrogen and oxygen atoms in total. The minimum atomic E-state index is 0.190. The Morgan fingerprint density at radius 2 is 2.40 bits per heavy atom. The largest absolute Gasteiger partial charge is 0.378 e. The molecule has 0 radical (unpaired) electrons. The van der Waals surface area contributed by atoms with Crippen LogP contribution in [0.1, 0.15) is 6.92 Å². The molecule has 3 N–H and O–H groups in total. The highest BCUT2D eigenvalue weighted by Crippen LogP contribution is 2.32. The van der Waals surface area contributed by atoms with E-state index in [9.17, 15) is 0 Å². The Kier molecular flexibility index (Phi) is 3.09. The Bertz CT molecular complexity index is 469. The molecule has 0 fully saturated rings. The number of rotatable bonds is 3. The van der Waals surface area contributed by atoms with Crippen molar-refractivity contribution in [2.24, 2.45) is 5.73 Å². The number of nitrogens with zero attached hydrogens (tertiary/aromatic N) is 1. The van der Waals surface area contributed by atoms with Crippen molar-refractivity contribution in [3.05, 3.63) is 22.7 Å². The highest BCUT2D eigenvalue weighted by Gasteiger charge is 2.10. The molecule has 0 aliphatic carbocycles. The van der Waals surface area contributed by atoms with E-state index in [0.29, 0.717) is 11.6 Å². The van der Waals surface area contributed by atoms with Gasteiger partial charge >= 0.3 is 0 Å². The van der Waals surface area contributed by atoms with Gasteiger partial charge < -0.3 is 11.1 Å². The summed E-state index contributed by atoms with van der Waals surface area (Å²) in [7, 11) is 0. The van der Waals surface area contributed by atoms with Crippen LogP contribution in [0.5, 0.6) is 0 Å². The predicted octanol–water partition coefficient (Wildman–Crippen LogP) is 2.71. The smallest absolute Gasteiger partial charge is 0.106 e. The first-order valence-electron chi connectivity index (χ1n) is 4.70. The quantitative estimate of drug-likeness (QED) is 0.869. The molecule has 0 amide bonds. The van der Waals surface area contributed by atoms with E-state index >= 15 is 0 Å². The zero-order chi connectivity index (χ0) is 10.8. The van der Waals surface area contributed by atoms with Crippen molar-refractivity contribution in [2.45, 2.75) is 13.0 Å². The molecule has 1 unspecified atom stereocenters. The number of aromatic nitrogens is 1. The van der Waals surface area contributed by atoms with Gasteiger partial charge in [-0.1, -0.05) is 11.6 Å². The first kappa shape index (κ1) is 10.7. The summed E-state index contributed by atoms with van der Waals surface area (Å²) < 4.78 is 1.13. The van der Waals surface area contributed by atoms with Gasteiger partial charge in [0.15, 0.2) is 0 Å². The van der Waals surface area contributed by atoms with Gasteiger partial charge in [-0.05, 0) is 19.1 Å². The number of hydrogen-bond acceptors (Lipinski definition) is 4. The third kappa shape index (κ3) is 2.07. The standard InChI is InChI=1S/C10H12ClN3S/c1-6(4-12)14-9-7(11)2-3-8-10(9)13-5-15-8/h2-3,5-6,14H,4,12H2,1H3. The molecule has 0 saturated heterocycles. The Labute approximate surface area is 97.3 Å². The van der Waals surface area contributed by atoms with E-state index in [1.807, 2.05) is 24.6 Å². The number of anilines is 1. The summed E-state index contributed by atoms with van der Waals surface area (Å²) in [6.45, 7) is 2.58. The second-order valence-electron chi connectivity index (χ2n) is 3.40. The maximum absolute atomic E-state index is 6.12. The third-order valence-corrected chi connectivity index (χ3v) is 3.30. The van der Waals surface area contributed by atoms with E-state index in [0.717, 1.165) is 15.9 Å². The maximum Gasteiger partial charge on any atom is 0.106 e. The van der Waals surface area contributed by atoms with Gasteiger partial charge in [0.25, 0.3) is 0 Å². The summed E-state index contributed by atoms with van der Waals surface area (Å²) in [6, 6.07) is 4.05. The van der Waals surface area contributed by atoms with Crippen molar-refractivity contribution in [2.75, 3.05) is 11.9 Å². The van der Waals surface area contributed by atoms with Gasteiger partial charge in [-0.2, -0.15) is 0 Å². The van der Waals surface area contributed by atoms with Crippen LogP contribution in [0.2, 0.25) is 5.02 Å². The van der Waals surface area contributed by atoms with Crippen molar-refractivity contribution in [1.29, 1.82) is 0 Å². The minimum absolute atomic E-state index is 0.190. The summed E-state index contributed by atoms with van der Waals surface area (Å²) in [6.07, 6.45) is 0. The van der Waals surface area contributed by atoms with Crippen LogP contribution >= 0.6 is 22.9 Å². The van der Waals surface area contributed by atoms with E-state index in [1.54, 1.807) is 11.3 Å². The van der Waals surface area contributed by atoms with Crippen LogP contribution in [0.4, 0.5) is 5.69 Å². The van der Waals surface area contributed by atoms with Gasteiger partial charge in [-0.25, -0.2) is 4.98 Å². The summed E-state index contributed by atoms with van der Waals surface area (Å²) in [5.41, 5.74) is 9.19. The number of nitrogens with two attached hydrogens (primary N) is 1. The molecule has 1 aromatic heterocycles. The molecule has 0 bridgehead atoms. The average Bonchev–Trinajstić information content (AvgIpc) is 2.70. The predicted molar refractivity (Wildman–Crippen MR) is 66.8 cm³/mol. The van der Waals surface area contributed by atoms with E-state index < -0.39 is 0 Å². The Morgan fingerprint density at radius 1 is 1.60 bits per heavy atom. The molecule has 0 saturated carbocycles. The van der Waals surface area contributed by atoms with E-state index in [4.69, 9.17) is 17.3 Å². The molecular weight excluding hydrogens is 230 g/mol. The van der Waals surface area contributed by atoms with Crippen LogP contribution in [0.3, 0.4) is 0 Å². The summed E-state index contributed by atoms with van der Waals surface area (Å²) in [5, 5.41) is 3.96. The number of halogens is 1. The fourth-order valence-electron chi connectivity index (χ4n) is 1.35. The highest BCUT2D eigenvalue weighted by molar-refractivity contribution is 7.16. The number of fused-ring (bicyclic) bond motifs is 1. The molecule has 1 atom stereocenters. The Balaban J connectivity index is 2.47. The Morgan fingerprint density at radius 3 is 3.13 bits per heavy atom. The van der Waals surface area contributed by atoms with Crippen molar-refractivity contribution in [1.82, 2.24) is 4.98 Å². The summed E-state index contributed by atoms with van der Waals surface area (Å²) >= 11 is 7.73. The fraction of sp³-hybridized carbons (Fsp3) is 0.300. The lowest BCUT2D eigenvalue weighted by atomic mass is 10.2. The molecule has 15 heavy (non-hydrogen) atoms. The van der Waals surface area contributed by atoms with Crippen LogP contribution in [-0.4, -0.2) is 17.6 Å². The van der Waals surface area contributed by atoms with Crippen molar-refractivity contribution in [3.8, 4) is 0 Å². The lowest BCUT2D eigenvalue weighted by molar-refractivity contribution is 0.805. The molecular formula is C10H12ClN3S. The molecule has 2 rings (SSSR count). The van der Waals surface area contributed by atoms with Crippen LogP contribution in [0.15, 0.2) is 17.6 Å². The van der Waals surface area contributed by atoms with Crippen molar-refractivity contribution >= 4 is 38.8 Å². The van der Waals surface area contributed by atoms with Gasteiger partial charge in [0.2, 0.25) is 0 Å². The van der Waals surface area contributed by atoms with Gasteiger partial charge in [-0.3, -0.25) is 0 Å². The van der Waals surface area contributed by atoms with Gasteiger partial charge in [0.05, 0.1) is 20.9 Å². The number of hydrogen-bond donors (Lipinski definition) is 2. The first-order valence-corrected chi connectivity index (χ1v) is 5.96. The molecule has 80 valence electrons. The maximum atomic E-state index is 6.12. The normalized spacial score (nSPS) is 13.0. The van der Waals surface area contributed by atoms with E-state index in [1.165, 1.54) is 0 Å². The van der Waals surface area contributed by atoms with Gasteiger partial charge in [-0.15, -0.1) is 11.3 Å². The summed E-state index contributed by atoms with van der Waals surface area (Å²) in [5.74, 6) is 0. The second-order valence-corrected chi connectivity index (χ2v) is 4.70. The molecule has 0 aliphatic heterocycles. The van der Waals surface area contributed by atoms with Gasteiger partial charge in [0, 0.05) is 12.6 Å². The third-order valence-electron chi connectivity index (χ3n) is 2.20. The molecule has 5 heteroatoms. The number of nitrogens with one attached hydrogen (secondary N) is 1. The van der Waals surface area contributed by atoms with Crippen molar-refractivity contribution in [3.63, 3.8) is 0 Å². The second kappa shape index (κ2) is 4.35. The number of thiazole rings is 1. The Hall–Kier alpha value is -0.840. The van der Waals surface area contributed by atoms with Crippen LogP contribution < -0.4 is 11.1 Å². The fourth-order valence-corrected chi connectivity index (χ4v) is 2.24. The lowest BCUT2D eigenvalue weighted by Gasteiger charge is -2.14. The topological polar surface area (TPSA) is 50.9 Å². The van der Waals surface area contributed by atoms with Gasteiger partial charge in [0.1, 0.15) is 5.52 Å². The van der Waals surface area contributed by atoms with Crippen LogP contribution in [0.25, 0.3) is 10.2 Å². The minimum Gasteiger partial charge on any atom is -0.378 e. The van der Waals surface area contributed by atoms with Crippen molar-refractivity contribution < 1.29 is 0 Å². The average molecular weight is 242 g/mol. The first-order chi connectivity index (χ1) is 7.22. The zero-order valence-electron chi connectivity index (χ0n) is 8.33. The number of benzene rings is 1. The van der Waals surface area contributed by atoms with E-state index in [2.05, 4.69) is 10.3 Å². The van der Waals surface area contributed by atoms with Crippen LogP contribution in [-0.2, 0) is 0 Å². The molecule has 2 aromatic rings. The molecule has 1 aromatic carbocycles. The highest BCUT2D eigenvalue weighted by atomic mass is 35.5. The molecule has 0 spiro atoms.